The van der Waals surface area contributed by atoms with Crippen molar-refractivity contribution in [3.8, 4) is 0 Å². The Labute approximate surface area is 652 Å². The molecule has 2 fully saturated rings. The number of allylic oxidation sites excluding steroid dienone is 10. The lowest BCUT2D eigenvalue weighted by Gasteiger charge is -2.34. The Morgan fingerprint density at radius 1 is 0.318 bits per heavy atom. The molecule has 2 saturated carbocycles. The summed E-state index contributed by atoms with van der Waals surface area (Å²) < 4.78 is 4.94. The van der Waals surface area contributed by atoms with E-state index in [1.807, 2.05) is 0 Å². The van der Waals surface area contributed by atoms with Crippen LogP contribution in [-0.4, -0.2) is 46.8 Å². The monoisotopic (exact) mass is 1450 g/mol. The van der Waals surface area contributed by atoms with E-state index in [0.29, 0.717) is 11.8 Å². The Hall–Kier alpha value is -9.32. The summed E-state index contributed by atoms with van der Waals surface area (Å²) in [6.07, 6.45) is 33.3. The lowest BCUT2D eigenvalue weighted by Crippen LogP contribution is -3.00. The molecule has 0 N–H and O–H groups in total. The zero-order chi connectivity index (χ0) is 72.8. The van der Waals surface area contributed by atoms with Crippen LogP contribution in [0.15, 0.2) is 254 Å². The van der Waals surface area contributed by atoms with Crippen LogP contribution in [0, 0.1) is 79.1 Å². The van der Waals surface area contributed by atoms with Crippen molar-refractivity contribution >= 4 is 78.2 Å². The van der Waals surface area contributed by atoms with Gasteiger partial charge in [-0.3, -0.25) is 0 Å². The first-order chi connectivity index (χ1) is 51.2. The van der Waals surface area contributed by atoms with Gasteiger partial charge in [-0.1, -0.05) is 196 Å². The molecule has 6 heteroatoms. The molecule has 0 heterocycles. The van der Waals surface area contributed by atoms with Crippen LogP contribution in [-0.2, 0) is 12.8 Å². The molecule has 10 aromatic rings. The summed E-state index contributed by atoms with van der Waals surface area (Å²) in [5, 5.41) is 5.48. The highest BCUT2D eigenvalue weighted by Gasteiger charge is 2.30. The summed E-state index contributed by atoms with van der Waals surface area (Å²) in [5.41, 5.74) is 33.6. The molecule has 4 aliphatic carbocycles. The second-order valence-electron chi connectivity index (χ2n) is 30.9. The number of para-hydroxylation sites is 4. The van der Waals surface area contributed by atoms with E-state index in [9.17, 15) is 0 Å². The van der Waals surface area contributed by atoms with Crippen molar-refractivity contribution in [2.24, 2.45) is 23.7 Å². The summed E-state index contributed by atoms with van der Waals surface area (Å²) in [7, 11) is 0. The van der Waals surface area contributed by atoms with Crippen LogP contribution in [0.1, 0.15) is 163 Å². The Morgan fingerprint density at radius 2 is 0.617 bits per heavy atom. The molecule has 10 aromatic carbocycles. The molecule has 4 aliphatic rings. The van der Waals surface area contributed by atoms with Crippen LogP contribution in [0.5, 0.6) is 0 Å². The fourth-order valence-electron chi connectivity index (χ4n) is 18.9. The number of fused-ring (bicyclic) bond motifs is 2. The van der Waals surface area contributed by atoms with Crippen molar-refractivity contribution in [3.63, 3.8) is 0 Å². The molecule has 0 aliphatic heterocycles. The summed E-state index contributed by atoms with van der Waals surface area (Å²) in [6, 6.07) is 74.0. The van der Waals surface area contributed by atoms with Crippen molar-refractivity contribution in [1.82, 2.24) is 0 Å². The van der Waals surface area contributed by atoms with E-state index in [0.717, 1.165) is 50.9 Å². The maximum Gasteiger partial charge on any atom is 0.211 e. The van der Waals surface area contributed by atoms with Crippen LogP contribution in [0.25, 0.3) is 32.7 Å². The highest BCUT2D eigenvalue weighted by molar-refractivity contribution is 6.08. The molecule has 4 nitrogen and oxygen atoms in total. The van der Waals surface area contributed by atoms with E-state index in [1.54, 1.807) is 0 Å². The molecule has 548 valence electrons. The van der Waals surface area contributed by atoms with Crippen molar-refractivity contribution in [2.75, 3.05) is 36.0 Å². The van der Waals surface area contributed by atoms with Gasteiger partial charge in [0.05, 0.1) is 0 Å². The third-order valence-corrected chi connectivity index (χ3v) is 24.2. The fourth-order valence-corrected chi connectivity index (χ4v) is 18.9. The largest absolute Gasteiger partial charge is 1.00 e. The van der Waals surface area contributed by atoms with Crippen molar-refractivity contribution in [1.29, 1.82) is 0 Å². The number of anilines is 4. The number of benzene rings is 10. The normalized spacial score (nSPS) is 16.9. The van der Waals surface area contributed by atoms with Gasteiger partial charge in [0.25, 0.3) is 0 Å². The number of rotatable bonds is 20. The SMILES string of the molecule is CCN(c1ccc(C(=C2C=CC(=[N+](CC)c3c(C)cccc3C)C=C2)c2ccc(CC3CCC(CC4CCC(Cc5ccc(C(=C6C=CC(=[N+](CC)c7c(C)cccc7C)C=C6)c6ccc(N(CC)c7c(C)cccc7C)cc6)c6ccccc56)CC4)CC3)c3ccccc23)cc1)c1c(C)cccc1C.[Cl-].[Cl-]. The van der Waals surface area contributed by atoms with Gasteiger partial charge in [-0.15, -0.1) is 0 Å². The first-order valence-corrected chi connectivity index (χ1v) is 39.7. The summed E-state index contributed by atoms with van der Waals surface area (Å²) in [5.74, 6) is 3.09. The second kappa shape index (κ2) is 34.7. The molecule has 107 heavy (non-hydrogen) atoms. The number of nitrogens with zero attached hydrogens (tertiary/aromatic N) is 4. The summed E-state index contributed by atoms with van der Waals surface area (Å²) in [6.45, 7) is 30.5. The topological polar surface area (TPSA) is 12.5 Å². The molecule has 0 atom stereocenters. The summed E-state index contributed by atoms with van der Waals surface area (Å²) >= 11 is 0. The zero-order valence-electron chi connectivity index (χ0n) is 65.6. The molecule has 0 bridgehead atoms. The van der Waals surface area contributed by atoms with Crippen molar-refractivity contribution < 1.29 is 34.0 Å². The number of hydrogen-bond acceptors (Lipinski definition) is 2. The molecule has 0 spiro atoms. The van der Waals surface area contributed by atoms with E-state index in [4.69, 9.17) is 0 Å². The number of hydrogen-bond donors (Lipinski definition) is 0. The third kappa shape index (κ3) is 16.3. The minimum Gasteiger partial charge on any atom is -1.00 e. The Bertz CT molecular complexity index is 4710. The van der Waals surface area contributed by atoms with Crippen LogP contribution >= 0.6 is 0 Å². The van der Waals surface area contributed by atoms with Gasteiger partial charge < -0.3 is 34.6 Å². The summed E-state index contributed by atoms with van der Waals surface area (Å²) in [4.78, 5) is 4.94. The molecular formula is C101H110Cl2N4. The molecule has 14 rings (SSSR count). The van der Waals surface area contributed by atoms with Crippen LogP contribution < -0.4 is 34.6 Å². The van der Waals surface area contributed by atoms with E-state index >= 15 is 0 Å². The lowest BCUT2D eigenvalue weighted by atomic mass is 9.71. The highest BCUT2D eigenvalue weighted by Crippen LogP contribution is 2.45. The quantitative estimate of drug-likeness (QED) is 0.0705. The van der Waals surface area contributed by atoms with E-state index in [-0.39, 0.29) is 24.8 Å². The van der Waals surface area contributed by atoms with E-state index in [2.05, 4.69) is 345 Å². The van der Waals surface area contributed by atoms with Gasteiger partial charge in [-0.25, -0.2) is 0 Å². The van der Waals surface area contributed by atoms with Gasteiger partial charge in [0.2, 0.25) is 22.8 Å². The van der Waals surface area contributed by atoms with Gasteiger partial charge in [0.1, 0.15) is 13.1 Å². The minimum atomic E-state index is 0. The average molecular weight is 1450 g/mol. The van der Waals surface area contributed by atoms with E-state index in [1.165, 1.54) is 225 Å². The molecule has 0 unspecified atom stereocenters. The third-order valence-electron chi connectivity index (χ3n) is 24.2. The van der Waals surface area contributed by atoms with Gasteiger partial charge in [0.15, 0.2) is 0 Å². The maximum absolute atomic E-state index is 2.50. The predicted molar refractivity (Wildman–Crippen MR) is 452 cm³/mol. The molecule has 0 radical (unpaired) electrons. The lowest BCUT2D eigenvalue weighted by molar-refractivity contribution is -0.435. The number of aryl methyl sites for hydroxylation is 8. The van der Waals surface area contributed by atoms with Gasteiger partial charge in [0, 0.05) is 82.4 Å². The van der Waals surface area contributed by atoms with Gasteiger partial charge in [-0.2, -0.15) is 9.15 Å². The van der Waals surface area contributed by atoms with Crippen LogP contribution in [0.4, 0.5) is 34.1 Å². The number of halogens is 2. The molecule has 0 saturated heterocycles. The fraction of sp³-hybridized carbons (Fsp3) is 0.307. The minimum absolute atomic E-state index is 0. The first kappa shape index (κ1) is 77.3. The Morgan fingerprint density at radius 3 is 0.925 bits per heavy atom. The van der Waals surface area contributed by atoms with Crippen LogP contribution in [0.2, 0.25) is 0 Å². The highest BCUT2D eigenvalue weighted by atomic mass is 35.5. The van der Waals surface area contributed by atoms with E-state index < -0.39 is 0 Å². The molecule has 0 aromatic heterocycles. The molecule has 0 amide bonds. The second-order valence-corrected chi connectivity index (χ2v) is 30.9. The van der Waals surface area contributed by atoms with Crippen molar-refractivity contribution in [3.05, 3.63) is 332 Å². The van der Waals surface area contributed by atoms with Crippen molar-refractivity contribution in [2.45, 2.75) is 154 Å². The standard InChI is InChI=1S/C101H110N4.2ClH/c1-13-102(98-68(5)25-21-26-69(98)6)86-55-45-80(46-56-86)96(81-47-57-87(58-48-81)103(14-2)99-70(7)27-22-28-71(99)8)94-63-53-84(90-33-17-19-35-92(90)94)66-78-41-37-76(38-42-78)65-77-39-43-79(44-40-77)67-85-54-64-95(93-36-20-18-34-91(85)93)97(82-49-59-88(60-50-82)104(15-3)100-72(9)29-23-30-73(100)10)83-51-61-89(62-52-83)105(16-4)101-74(11)31-24-32-75(101)12;;/h17-36,45-64,76-79H,13-16,37-44,65-67H2,1-12H3;2*1H/q+2;;/p-2. The average Bonchev–Trinajstić information content (AvgIpc) is 0.764. The molecular weight excluding hydrogens is 1340 g/mol. The predicted octanol–water partition coefficient (Wildman–Crippen LogP) is 20.0. The van der Waals surface area contributed by atoms with Gasteiger partial charge >= 0.3 is 0 Å². The smallest absolute Gasteiger partial charge is 0.211 e. The maximum atomic E-state index is 2.50. The first-order valence-electron chi connectivity index (χ1n) is 39.7. The zero-order valence-corrected chi connectivity index (χ0v) is 67.1. The van der Waals surface area contributed by atoms with Crippen LogP contribution in [0.3, 0.4) is 0 Å². The Balaban J connectivity index is 0.00000536. The van der Waals surface area contributed by atoms with Gasteiger partial charge in [-0.05, 0) is 300 Å². The Kier molecular flexibility index (Phi) is 25.1.